The number of carbonyl (C=O) groups is 1. The first-order valence-corrected chi connectivity index (χ1v) is 11.4. The smallest absolute Gasteiger partial charge is 0.253 e. The van der Waals surface area contributed by atoms with Crippen molar-refractivity contribution in [2.24, 2.45) is 0 Å². The summed E-state index contributed by atoms with van der Waals surface area (Å²) in [5.41, 5.74) is 1.46. The van der Waals surface area contributed by atoms with Gasteiger partial charge in [0, 0.05) is 42.5 Å². The summed E-state index contributed by atoms with van der Waals surface area (Å²) in [4.78, 5) is 19.3. The molecule has 0 N–H and O–H groups in total. The standard InChI is InChI=1S/C25H26ClN3O3/c26-21-5-7-22(8-6-21)32-23-14-25(31-16-23)9-2-11-29(17-25)24(30)20-4-1-3-19(13-20)15-28-12-10-27-18-28/h1,3-8,10,12-13,18,23H,2,9,11,14-17H2/t23-,25+/m1/s1. The number of amides is 1. The lowest BCUT2D eigenvalue weighted by Crippen LogP contribution is -2.50. The fraction of sp³-hybridized carbons (Fsp3) is 0.360. The number of rotatable bonds is 5. The molecule has 5 rings (SSSR count). The number of hydrogen-bond donors (Lipinski definition) is 0. The maximum atomic E-state index is 13.3. The van der Waals surface area contributed by atoms with Gasteiger partial charge in [0.2, 0.25) is 0 Å². The Morgan fingerprint density at radius 2 is 2.12 bits per heavy atom. The number of carbonyl (C=O) groups excluding carboxylic acids is 1. The second-order valence-electron chi connectivity index (χ2n) is 8.66. The van der Waals surface area contributed by atoms with E-state index in [2.05, 4.69) is 4.98 Å². The van der Waals surface area contributed by atoms with Crippen LogP contribution in [0, 0.1) is 0 Å². The van der Waals surface area contributed by atoms with Gasteiger partial charge in [0.15, 0.2) is 0 Å². The highest BCUT2D eigenvalue weighted by atomic mass is 35.5. The number of benzene rings is 2. The van der Waals surface area contributed by atoms with Crippen LogP contribution in [-0.2, 0) is 11.3 Å². The van der Waals surface area contributed by atoms with Crippen LogP contribution in [-0.4, -0.2) is 51.8 Å². The lowest BCUT2D eigenvalue weighted by atomic mass is 9.89. The fourth-order valence-corrected chi connectivity index (χ4v) is 4.84. The van der Waals surface area contributed by atoms with Gasteiger partial charge in [0.05, 0.1) is 25.1 Å². The Kier molecular flexibility index (Phi) is 5.89. The molecule has 2 aromatic carbocycles. The fourth-order valence-electron chi connectivity index (χ4n) is 4.72. The number of ether oxygens (including phenoxy) is 2. The number of nitrogens with zero attached hydrogens (tertiary/aromatic N) is 3. The first kappa shape index (κ1) is 21.0. The molecule has 2 saturated heterocycles. The topological polar surface area (TPSA) is 56.6 Å². The summed E-state index contributed by atoms with van der Waals surface area (Å²) in [6, 6.07) is 15.2. The second-order valence-corrected chi connectivity index (χ2v) is 9.09. The molecule has 3 heterocycles. The van der Waals surface area contributed by atoms with Gasteiger partial charge in [-0.1, -0.05) is 23.7 Å². The Hall–Kier alpha value is -2.83. The van der Waals surface area contributed by atoms with Crippen LogP contribution in [0.4, 0.5) is 0 Å². The summed E-state index contributed by atoms with van der Waals surface area (Å²) in [5, 5.41) is 0.687. The van der Waals surface area contributed by atoms with E-state index in [0.717, 1.165) is 37.1 Å². The zero-order valence-electron chi connectivity index (χ0n) is 17.8. The molecule has 2 aliphatic heterocycles. The summed E-state index contributed by atoms with van der Waals surface area (Å²) >= 11 is 5.96. The summed E-state index contributed by atoms with van der Waals surface area (Å²) in [5.74, 6) is 0.848. The van der Waals surface area contributed by atoms with Gasteiger partial charge in [-0.2, -0.15) is 0 Å². The predicted octanol–water partition coefficient (Wildman–Crippen LogP) is 4.43. The summed E-state index contributed by atoms with van der Waals surface area (Å²) in [6.07, 6.45) is 8.08. The first-order valence-electron chi connectivity index (χ1n) is 11.0. The number of imidazole rings is 1. The van der Waals surface area contributed by atoms with Gasteiger partial charge in [0.25, 0.3) is 5.91 Å². The van der Waals surface area contributed by atoms with Crippen molar-refractivity contribution in [3.63, 3.8) is 0 Å². The molecule has 2 atom stereocenters. The molecule has 32 heavy (non-hydrogen) atoms. The minimum absolute atomic E-state index is 0.0234. The summed E-state index contributed by atoms with van der Waals surface area (Å²) in [7, 11) is 0. The third kappa shape index (κ3) is 4.66. The van der Waals surface area contributed by atoms with Crippen molar-refractivity contribution < 1.29 is 14.3 Å². The van der Waals surface area contributed by atoms with Crippen molar-refractivity contribution in [1.29, 1.82) is 0 Å². The van der Waals surface area contributed by atoms with Gasteiger partial charge in [0.1, 0.15) is 11.9 Å². The quantitative estimate of drug-likeness (QED) is 0.576. The van der Waals surface area contributed by atoms with E-state index in [1.54, 1.807) is 12.5 Å². The average molecular weight is 452 g/mol. The Balaban J connectivity index is 1.24. The maximum Gasteiger partial charge on any atom is 0.253 e. The van der Waals surface area contributed by atoms with Gasteiger partial charge in [-0.3, -0.25) is 4.79 Å². The van der Waals surface area contributed by atoms with E-state index in [9.17, 15) is 4.79 Å². The molecule has 166 valence electrons. The molecule has 0 bridgehead atoms. The number of hydrogen-bond acceptors (Lipinski definition) is 4. The van der Waals surface area contributed by atoms with Crippen LogP contribution in [0.1, 0.15) is 35.2 Å². The Bertz CT molecular complexity index is 1070. The summed E-state index contributed by atoms with van der Waals surface area (Å²) in [6.45, 7) is 2.57. The lowest BCUT2D eigenvalue weighted by Gasteiger charge is -2.39. The van der Waals surface area contributed by atoms with E-state index in [1.165, 1.54) is 0 Å². The third-order valence-electron chi connectivity index (χ3n) is 6.22. The highest BCUT2D eigenvalue weighted by Gasteiger charge is 2.45. The molecule has 1 aromatic heterocycles. The van der Waals surface area contributed by atoms with Crippen molar-refractivity contribution in [3.05, 3.63) is 83.4 Å². The second kappa shape index (κ2) is 8.96. The van der Waals surface area contributed by atoms with Crippen molar-refractivity contribution in [3.8, 4) is 5.75 Å². The van der Waals surface area contributed by atoms with Gasteiger partial charge in [-0.15, -0.1) is 0 Å². The molecule has 3 aromatic rings. The van der Waals surface area contributed by atoms with Gasteiger partial charge >= 0.3 is 0 Å². The lowest BCUT2D eigenvalue weighted by molar-refractivity contribution is -0.0453. The van der Waals surface area contributed by atoms with Crippen molar-refractivity contribution in [2.75, 3.05) is 19.7 Å². The van der Waals surface area contributed by atoms with Crippen LogP contribution in [0.3, 0.4) is 0 Å². The Morgan fingerprint density at radius 3 is 2.94 bits per heavy atom. The van der Waals surface area contributed by atoms with E-state index >= 15 is 0 Å². The molecule has 2 fully saturated rings. The predicted molar refractivity (Wildman–Crippen MR) is 122 cm³/mol. The van der Waals surface area contributed by atoms with Crippen LogP contribution in [0.2, 0.25) is 5.02 Å². The Labute approximate surface area is 192 Å². The largest absolute Gasteiger partial charge is 0.488 e. The number of piperidine rings is 1. The van der Waals surface area contributed by atoms with E-state index < -0.39 is 0 Å². The van der Waals surface area contributed by atoms with E-state index in [1.807, 2.05) is 64.2 Å². The number of aromatic nitrogens is 2. The van der Waals surface area contributed by atoms with E-state index in [4.69, 9.17) is 21.1 Å². The van der Waals surface area contributed by atoms with Gasteiger partial charge < -0.3 is 18.9 Å². The molecule has 7 heteroatoms. The van der Waals surface area contributed by atoms with Crippen molar-refractivity contribution in [1.82, 2.24) is 14.5 Å². The van der Waals surface area contributed by atoms with E-state index in [-0.39, 0.29) is 17.6 Å². The average Bonchev–Trinajstić information content (AvgIpc) is 3.45. The minimum Gasteiger partial charge on any atom is -0.488 e. The molecule has 0 saturated carbocycles. The molecular formula is C25H26ClN3O3. The highest BCUT2D eigenvalue weighted by Crippen LogP contribution is 2.36. The highest BCUT2D eigenvalue weighted by molar-refractivity contribution is 6.30. The monoisotopic (exact) mass is 451 g/mol. The third-order valence-corrected chi connectivity index (χ3v) is 6.47. The molecule has 0 aliphatic carbocycles. The molecule has 6 nitrogen and oxygen atoms in total. The van der Waals surface area contributed by atoms with E-state index in [0.29, 0.717) is 30.3 Å². The molecule has 1 amide bonds. The first-order chi connectivity index (χ1) is 15.6. The SMILES string of the molecule is O=C(c1cccc(Cn2ccnc2)c1)N1CCC[C@]2(C[C@@H](Oc3ccc(Cl)cc3)CO2)C1. The number of likely N-dealkylation sites (tertiary alicyclic amines) is 1. The van der Waals surface area contributed by atoms with Crippen LogP contribution >= 0.6 is 11.6 Å². The Morgan fingerprint density at radius 1 is 1.25 bits per heavy atom. The zero-order chi connectivity index (χ0) is 22.0. The minimum atomic E-state index is -0.334. The molecule has 1 spiro atoms. The van der Waals surface area contributed by atoms with Crippen LogP contribution < -0.4 is 4.74 Å². The van der Waals surface area contributed by atoms with Gasteiger partial charge in [-0.05, 0) is 54.8 Å². The van der Waals surface area contributed by atoms with Crippen LogP contribution in [0.5, 0.6) is 5.75 Å². The van der Waals surface area contributed by atoms with Crippen molar-refractivity contribution >= 4 is 17.5 Å². The number of halogens is 1. The zero-order valence-corrected chi connectivity index (χ0v) is 18.6. The normalized spacial score (nSPS) is 22.9. The van der Waals surface area contributed by atoms with Gasteiger partial charge in [-0.25, -0.2) is 4.98 Å². The molecular weight excluding hydrogens is 426 g/mol. The molecule has 0 unspecified atom stereocenters. The van der Waals surface area contributed by atoms with Crippen LogP contribution in [0.25, 0.3) is 0 Å². The van der Waals surface area contributed by atoms with Crippen LogP contribution in [0.15, 0.2) is 67.3 Å². The molecule has 2 aliphatic rings. The summed E-state index contributed by atoms with van der Waals surface area (Å²) < 4.78 is 14.3. The van der Waals surface area contributed by atoms with Crippen molar-refractivity contribution in [2.45, 2.75) is 37.5 Å². The maximum absolute atomic E-state index is 13.3. The molecule has 0 radical (unpaired) electrons.